The van der Waals surface area contributed by atoms with E-state index in [1.807, 2.05) is 19.1 Å². The zero-order valence-corrected chi connectivity index (χ0v) is 7.99. The van der Waals surface area contributed by atoms with Gasteiger partial charge < -0.3 is 4.74 Å². The van der Waals surface area contributed by atoms with Crippen LogP contribution in [0.15, 0.2) is 24.5 Å². The van der Waals surface area contributed by atoms with Crippen molar-refractivity contribution in [2.45, 2.75) is 13.3 Å². The van der Waals surface area contributed by atoms with Crippen LogP contribution in [0.3, 0.4) is 0 Å². The van der Waals surface area contributed by atoms with Crippen LogP contribution < -0.4 is 0 Å². The molecule has 0 aromatic rings. The molecule has 0 amide bonds. The van der Waals surface area contributed by atoms with Crippen LogP contribution in [0.25, 0.3) is 0 Å². The summed E-state index contributed by atoms with van der Waals surface area (Å²) in [5.74, 6) is 1.09. The minimum atomic E-state index is -0.250. The fourth-order valence-electron chi connectivity index (χ4n) is 2.41. The molecule has 0 spiro atoms. The lowest BCUT2D eigenvalue weighted by molar-refractivity contribution is -0.123. The summed E-state index contributed by atoms with van der Waals surface area (Å²) < 4.78 is 4.89. The number of hydrogen-bond donors (Lipinski definition) is 0. The second-order valence-corrected chi connectivity index (χ2v) is 4.02. The van der Waals surface area contributed by atoms with Crippen molar-refractivity contribution >= 4 is 5.78 Å². The quantitative estimate of drug-likeness (QED) is 0.477. The summed E-state index contributed by atoms with van der Waals surface area (Å²) in [5, 5.41) is 0. The number of ketones is 1. The van der Waals surface area contributed by atoms with Crippen molar-refractivity contribution in [2.75, 3.05) is 7.11 Å². The second-order valence-electron chi connectivity index (χ2n) is 4.02. The maximum Gasteiger partial charge on any atom is 0.143 e. The van der Waals surface area contributed by atoms with E-state index in [1.54, 1.807) is 13.4 Å². The number of carbonyl (C=O) groups is 1. The Morgan fingerprint density at radius 2 is 2.46 bits per heavy atom. The monoisotopic (exact) mass is 178 g/mol. The molecule has 3 unspecified atom stereocenters. The van der Waals surface area contributed by atoms with Crippen molar-refractivity contribution in [3.8, 4) is 0 Å². The topological polar surface area (TPSA) is 26.3 Å². The Labute approximate surface area is 78.3 Å². The molecule has 2 heteroatoms. The SMILES string of the molecule is CO/C=C/C1C2C=CC1(C)C(=O)C2. The Morgan fingerprint density at radius 3 is 2.92 bits per heavy atom. The first-order valence-electron chi connectivity index (χ1n) is 4.60. The molecule has 0 aromatic carbocycles. The van der Waals surface area contributed by atoms with Crippen molar-refractivity contribution in [2.24, 2.45) is 17.3 Å². The third-order valence-corrected chi connectivity index (χ3v) is 3.29. The average Bonchev–Trinajstić information content (AvgIpc) is 2.52. The first-order valence-corrected chi connectivity index (χ1v) is 4.60. The predicted molar refractivity (Wildman–Crippen MR) is 50.0 cm³/mol. The Kier molecular flexibility index (Phi) is 1.79. The lowest BCUT2D eigenvalue weighted by atomic mass is 9.81. The van der Waals surface area contributed by atoms with Crippen molar-refractivity contribution in [3.05, 3.63) is 24.5 Å². The molecule has 0 N–H and O–H groups in total. The van der Waals surface area contributed by atoms with Gasteiger partial charge in [-0.2, -0.15) is 0 Å². The van der Waals surface area contributed by atoms with E-state index in [4.69, 9.17) is 4.74 Å². The van der Waals surface area contributed by atoms with Crippen molar-refractivity contribution < 1.29 is 9.53 Å². The van der Waals surface area contributed by atoms with Crippen LogP contribution in [-0.2, 0) is 9.53 Å². The summed E-state index contributed by atoms with van der Waals surface area (Å²) in [4.78, 5) is 11.6. The molecular formula is C11H14O2. The number of Topliss-reactive ketones (excluding diaryl/α,β-unsaturated/α-hetero) is 1. The van der Waals surface area contributed by atoms with Gasteiger partial charge in [-0.3, -0.25) is 4.79 Å². The van der Waals surface area contributed by atoms with Crippen LogP contribution in [0.2, 0.25) is 0 Å². The van der Waals surface area contributed by atoms with E-state index in [2.05, 4.69) is 6.08 Å². The van der Waals surface area contributed by atoms with Gasteiger partial charge in [0, 0.05) is 12.3 Å². The van der Waals surface area contributed by atoms with E-state index >= 15 is 0 Å². The number of carbonyl (C=O) groups excluding carboxylic acids is 1. The minimum absolute atomic E-state index is 0.250. The number of rotatable bonds is 2. The minimum Gasteiger partial charge on any atom is -0.505 e. The van der Waals surface area contributed by atoms with Gasteiger partial charge in [-0.1, -0.05) is 12.2 Å². The molecular weight excluding hydrogens is 164 g/mol. The largest absolute Gasteiger partial charge is 0.505 e. The summed E-state index contributed by atoms with van der Waals surface area (Å²) in [7, 11) is 1.63. The maximum absolute atomic E-state index is 11.6. The van der Waals surface area contributed by atoms with Crippen LogP contribution in [0.5, 0.6) is 0 Å². The highest BCUT2D eigenvalue weighted by molar-refractivity contribution is 5.91. The Bertz CT molecular complexity index is 290. The summed E-state index contributed by atoms with van der Waals surface area (Å²) in [6, 6.07) is 0. The Hall–Kier alpha value is -1.05. The van der Waals surface area contributed by atoms with E-state index in [0.717, 1.165) is 0 Å². The van der Waals surface area contributed by atoms with E-state index in [-0.39, 0.29) is 5.41 Å². The standard InChI is InChI=1S/C11H14O2/c1-11-5-3-8(7-10(11)12)9(11)4-6-13-2/h3-6,8-9H,7H2,1-2H3/b6-4+. The number of allylic oxidation sites excluding steroid dienone is 3. The molecule has 1 fully saturated rings. The molecule has 0 radical (unpaired) electrons. The Balaban J connectivity index is 2.25. The average molecular weight is 178 g/mol. The smallest absolute Gasteiger partial charge is 0.143 e. The molecule has 2 aliphatic carbocycles. The van der Waals surface area contributed by atoms with Crippen LogP contribution in [0, 0.1) is 17.3 Å². The number of hydrogen-bond acceptors (Lipinski definition) is 2. The third-order valence-electron chi connectivity index (χ3n) is 3.29. The highest BCUT2D eigenvalue weighted by atomic mass is 16.5. The molecule has 0 saturated heterocycles. The normalized spacial score (nSPS) is 42.2. The van der Waals surface area contributed by atoms with Gasteiger partial charge >= 0.3 is 0 Å². The van der Waals surface area contributed by atoms with Gasteiger partial charge in [0.25, 0.3) is 0 Å². The van der Waals surface area contributed by atoms with Crippen molar-refractivity contribution in [1.82, 2.24) is 0 Å². The molecule has 2 aliphatic rings. The van der Waals surface area contributed by atoms with Gasteiger partial charge in [-0.15, -0.1) is 0 Å². The molecule has 70 valence electrons. The maximum atomic E-state index is 11.6. The molecule has 2 nitrogen and oxygen atoms in total. The van der Waals surface area contributed by atoms with E-state index < -0.39 is 0 Å². The second kappa shape index (κ2) is 2.72. The molecule has 0 heterocycles. The summed E-state index contributed by atoms with van der Waals surface area (Å²) in [5.41, 5.74) is -0.250. The molecule has 3 atom stereocenters. The van der Waals surface area contributed by atoms with Crippen molar-refractivity contribution in [1.29, 1.82) is 0 Å². The molecule has 2 rings (SSSR count). The number of fused-ring (bicyclic) bond motifs is 2. The van der Waals surface area contributed by atoms with Crippen LogP contribution in [-0.4, -0.2) is 12.9 Å². The fourth-order valence-corrected chi connectivity index (χ4v) is 2.41. The van der Waals surface area contributed by atoms with Crippen LogP contribution in [0.4, 0.5) is 0 Å². The van der Waals surface area contributed by atoms with Gasteiger partial charge in [-0.05, 0) is 18.9 Å². The first-order chi connectivity index (χ1) is 6.18. The summed E-state index contributed by atoms with van der Waals surface area (Å²) in [6.07, 6.45) is 8.60. The fraction of sp³-hybridized carbons (Fsp3) is 0.545. The zero-order chi connectivity index (χ0) is 9.47. The molecule has 0 aromatic heterocycles. The lowest BCUT2D eigenvalue weighted by Crippen LogP contribution is -2.23. The van der Waals surface area contributed by atoms with Crippen LogP contribution >= 0.6 is 0 Å². The lowest BCUT2D eigenvalue weighted by Gasteiger charge is -2.20. The first kappa shape index (κ1) is 8.54. The summed E-state index contributed by atoms with van der Waals surface area (Å²) >= 11 is 0. The van der Waals surface area contributed by atoms with Gasteiger partial charge in [0.15, 0.2) is 0 Å². The van der Waals surface area contributed by atoms with Gasteiger partial charge in [0.2, 0.25) is 0 Å². The highest BCUT2D eigenvalue weighted by Crippen LogP contribution is 2.51. The number of ether oxygens (including phenoxy) is 1. The summed E-state index contributed by atoms with van der Waals surface area (Å²) in [6.45, 7) is 2.02. The van der Waals surface area contributed by atoms with E-state index in [9.17, 15) is 4.79 Å². The molecule has 13 heavy (non-hydrogen) atoms. The van der Waals surface area contributed by atoms with Gasteiger partial charge in [-0.25, -0.2) is 0 Å². The zero-order valence-electron chi connectivity index (χ0n) is 7.99. The molecule has 0 aliphatic heterocycles. The van der Waals surface area contributed by atoms with Gasteiger partial charge in [0.1, 0.15) is 5.78 Å². The van der Waals surface area contributed by atoms with Crippen molar-refractivity contribution in [3.63, 3.8) is 0 Å². The van der Waals surface area contributed by atoms with E-state index in [1.165, 1.54) is 0 Å². The Morgan fingerprint density at radius 1 is 1.69 bits per heavy atom. The molecule has 1 saturated carbocycles. The predicted octanol–water partition coefficient (Wildman–Crippen LogP) is 1.93. The molecule has 2 bridgehead atoms. The van der Waals surface area contributed by atoms with E-state index in [0.29, 0.717) is 24.0 Å². The number of methoxy groups -OCH3 is 1. The van der Waals surface area contributed by atoms with Crippen LogP contribution in [0.1, 0.15) is 13.3 Å². The van der Waals surface area contributed by atoms with Gasteiger partial charge in [0.05, 0.1) is 18.8 Å². The highest BCUT2D eigenvalue weighted by Gasteiger charge is 2.51. The third kappa shape index (κ3) is 1.05.